The van der Waals surface area contributed by atoms with Crippen LogP contribution in [0, 0.1) is 0 Å². The monoisotopic (exact) mass is 280 g/mol. The van der Waals surface area contributed by atoms with Crippen molar-refractivity contribution in [2.75, 3.05) is 40.3 Å². The summed E-state index contributed by atoms with van der Waals surface area (Å²) in [7, 11) is 4.00. The molecular formula is C15H24N2O3. The predicted octanol–water partition coefficient (Wildman–Crippen LogP) is 1.55. The molecule has 0 spiro atoms. The third kappa shape index (κ3) is 5.19. The van der Waals surface area contributed by atoms with Crippen molar-refractivity contribution in [2.45, 2.75) is 13.3 Å². The first kappa shape index (κ1) is 16.5. The highest BCUT2D eigenvalue weighted by Gasteiger charge is 2.15. The number of carbonyl (C=O) groups excluding carboxylic acids is 1. The minimum Gasteiger partial charge on any atom is -0.508 e. The van der Waals surface area contributed by atoms with Gasteiger partial charge in [-0.15, -0.1) is 0 Å². The third-order valence-corrected chi connectivity index (χ3v) is 3.05. The van der Waals surface area contributed by atoms with Gasteiger partial charge in [0, 0.05) is 19.2 Å². The Morgan fingerprint density at radius 1 is 1.15 bits per heavy atom. The van der Waals surface area contributed by atoms with Crippen molar-refractivity contribution < 1.29 is 15.0 Å². The number of aromatic hydroxyl groups is 2. The lowest BCUT2D eigenvalue weighted by molar-refractivity contribution is 0.0922. The van der Waals surface area contributed by atoms with Crippen molar-refractivity contribution in [3.05, 3.63) is 23.8 Å². The van der Waals surface area contributed by atoms with Crippen LogP contribution in [-0.2, 0) is 0 Å². The Morgan fingerprint density at radius 3 is 2.40 bits per heavy atom. The molecule has 0 aromatic heterocycles. The average Bonchev–Trinajstić information content (AvgIpc) is 2.35. The molecule has 0 saturated heterocycles. The van der Waals surface area contributed by atoms with Crippen molar-refractivity contribution in [3.8, 4) is 11.5 Å². The second-order valence-corrected chi connectivity index (χ2v) is 5.20. The molecular weight excluding hydrogens is 256 g/mol. The zero-order valence-corrected chi connectivity index (χ0v) is 12.5. The van der Waals surface area contributed by atoms with Crippen molar-refractivity contribution in [3.63, 3.8) is 0 Å². The van der Waals surface area contributed by atoms with E-state index in [1.807, 2.05) is 14.1 Å². The number of phenolic OH excluding ortho intramolecular Hbond substituents is 2. The van der Waals surface area contributed by atoms with E-state index in [9.17, 15) is 15.0 Å². The Kier molecular flexibility index (Phi) is 6.48. The number of carbonyl (C=O) groups is 1. The summed E-state index contributed by atoms with van der Waals surface area (Å²) in [4.78, 5) is 16.4. The van der Waals surface area contributed by atoms with Crippen molar-refractivity contribution in [1.82, 2.24) is 9.80 Å². The molecule has 112 valence electrons. The van der Waals surface area contributed by atoms with Crippen LogP contribution in [0.25, 0.3) is 0 Å². The average molecular weight is 280 g/mol. The standard InChI is InChI=1S/C15H24N2O3/c1-4-7-17(9-8-16(2)3)11-15(20)13-6-5-12(18)10-14(13)19/h5-6,10,18-19H,4,7-9,11H2,1-3H3. The fourth-order valence-electron chi connectivity index (χ4n) is 1.97. The molecule has 2 N–H and O–H groups in total. The van der Waals surface area contributed by atoms with Gasteiger partial charge in [0.25, 0.3) is 0 Å². The SMILES string of the molecule is CCCN(CCN(C)C)CC(=O)c1ccc(O)cc1O. The second-order valence-electron chi connectivity index (χ2n) is 5.20. The number of benzene rings is 1. The first-order valence-corrected chi connectivity index (χ1v) is 6.86. The second kappa shape index (κ2) is 7.87. The van der Waals surface area contributed by atoms with Crippen LogP contribution in [0.3, 0.4) is 0 Å². The summed E-state index contributed by atoms with van der Waals surface area (Å²) in [5.74, 6) is -0.342. The van der Waals surface area contributed by atoms with Crippen LogP contribution in [0.4, 0.5) is 0 Å². The van der Waals surface area contributed by atoms with E-state index in [2.05, 4.69) is 16.7 Å². The number of hydrogen-bond acceptors (Lipinski definition) is 5. The molecule has 1 aromatic carbocycles. The molecule has 0 unspecified atom stereocenters. The summed E-state index contributed by atoms with van der Waals surface area (Å²) in [6.07, 6.45) is 0.974. The molecule has 5 nitrogen and oxygen atoms in total. The number of likely N-dealkylation sites (N-methyl/N-ethyl adjacent to an activating group) is 1. The number of rotatable bonds is 8. The number of ketones is 1. The highest BCUT2D eigenvalue weighted by Crippen LogP contribution is 2.23. The minimum atomic E-state index is -0.168. The van der Waals surface area contributed by atoms with Crippen molar-refractivity contribution in [2.24, 2.45) is 0 Å². The predicted molar refractivity (Wildman–Crippen MR) is 79.4 cm³/mol. The van der Waals surface area contributed by atoms with E-state index in [1.54, 1.807) is 0 Å². The molecule has 0 heterocycles. The van der Waals surface area contributed by atoms with Crippen LogP contribution in [0.5, 0.6) is 11.5 Å². The topological polar surface area (TPSA) is 64.0 Å². The van der Waals surface area contributed by atoms with Gasteiger partial charge in [-0.25, -0.2) is 0 Å². The maximum Gasteiger partial charge on any atom is 0.180 e. The van der Waals surface area contributed by atoms with Gasteiger partial charge in [0.2, 0.25) is 0 Å². The van der Waals surface area contributed by atoms with E-state index < -0.39 is 0 Å². The van der Waals surface area contributed by atoms with Crippen molar-refractivity contribution in [1.29, 1.82) is 0 Å². The normalized spacial score (nSPS) is 11.2. The summed E-state index contributed by atoms with van der Waals surface area (Å²) in [6, 6.07) is 4.07. The molecule has 20 heavy (non-hydrogen) atoms. The highest BCUT2D eigenvalue weighted by molar-refractivity contribution is 6.00. The zero-order chi connectivity index (χ0) is 15.1. The number of nitrogens with zero attached hydrogens (tertiary/aromatic N) is 2. The van der Waals surface area contributed by atoms with Gasteiger partial charge in [0.1, 0.15) is 11.5 Å². The Labute approximate surface area is 120 Å². The molecule has 0 saturated carbocycles. The quantitative estimate of drug-likeness (QED) is 0.707. The van der Waals surface area contributed by atoms with Gasteiger partial charge in [-0.3, -0.25) is 9.69 Å². The van der Waals surface area contributed by atoms with E-state index in [0.717, 1.165) is 26.1 Å². The van der Waals surface area contributed by atoms with Gasteiger partial charge < -0.3 is 15.1 Å². The molecule has 1 rings (SSSR count). The minimum absolute atomic E-state index is 0.0444. The van der Waals surface area contributed by atoms with Gasteiger partial charge in [0.15, 0.2) is 5.78 Å². The number of phenols is 2. The van der Waals surface area contributed by atoms with Gasteiger partial charge in [-0.05, 0) is 39.2 Å². The maximum atomic E-state index is 12.2. The summed E-state index contributed by atoms with van der Waals surface area (Å²) >= 11 is 0. The first-order chi connectivity index (χ1) is 9.43. The van der Waals surface area contributed by atoms with Gasteiger partial charge in [-0.2, -0.15) is 0 Å². The largest absolute Gasteiger partial charge is 0.508 e. The molecule has 0 amide bonds. The van der Waals surface area contributed by atoms with Crippen LogP contribution in [0.2, 0.25) is 0 Å². The molecule has 0 bridgehead atoms. The van der Waals surface area contributed by atoms with Crippen LogP contribution < -0.4 is 0 Å². The molecule has 0 radical (unpaired) electrons. The Balaban J connectivity index is 2.69. The van der Waals surface area contributed by atoms with E-state index in [-0.39, 0.29) is 29.4 Å². The molecule has 0 aliphatic rings. The van der Waals surface area contributed by atoms with E-state index in [0.29, 0.717) is 0 Å². The van der Waals surface area contributed by atoms with Gasteiger partial charge >= 0.3 is 0 Å². The van der Waals surface area contributed by atoms with Gasteiger partial charge in [0.05, 0.1) is 12.1 Å². The number of hydrogen-bond donors (Lipinski definition) is 2. The number of Topliss-reactive ketones (excluding diaryl/α,β-unsaturated/α-hetero) is 1. The Hall–Kier alpha value is -1.59. The van der Waals surface area contributed by atoms with Crippen LogP contribution >= 0.6 is 0 Å². The maximum absolute atomic E-state index is 12.2. The zero-order valence-electron chi connectivity index (χ0n) is 12.5. The Bertz CT molecular complexity index is 447. The first-order valence-electron chi connectivity index (χ1n) is 6.86. The molecule has 1 aromatic rings. The molecule has 0 aliphatic carbocycles. The van der Waals surface area contributed by atoms with Crippen LogP contribution in [-0.4, -0.2) is 66.1 Å². The van der Waals surface area contributed by atoms with Crippen molar-refractivity contribution >= 4 is 5.78 Å². The third-order valence-electron chi connectivity index (χ3n) is 3.05. The highest BCUT2D eigenvalue weighted by atomic mass is 16.3. The van der Waals surface area contributed by atoms with E-state index >= 15 is 0 Å². The van der Waals surface area contributed by atoms with Crippen LogP contribution in [0.15, 0.2) is 18.2 Å². The summed E-state index contributed by atoms with van der Waals surface area (Å²) in [5.41, 5.74) is 0.258. The van der Waals surface area contributed by atoms with E-state index in [4.69, 9.17) is 0 Å². The molecule has 0 atom stereocenters. The Morgan fingerprint density at radius 2 is 1.85 bits per heavy atom. The van der Waals surface area contributed by atoms with E-state index in [1.165, 1.54) is 18.2 Å². The lowest BCUT2D eigenvalue weighted by Gasteiger charge is -2.23. The summed E-state index contributed by atoms with van der Waals surface area (Å²) in [5, 5.41) is 19.0. The molecule has 0 aliphatic heterocycles. The fourth-order valence-corrected chi connectivity index (χ4v) is 1.97. The lowest BCUT2D eigenvalue weighted by atomic mass is 10.1. The van der Waals surface area contributed by atoms with Crippen LogP contribution in [0.1, 0.15) is 23.7 Å². The molecule has 5 heteroatoms. The fraction of sp³-hybridized carbons (Fsp3) is 0.533. The lowest BCUT2D eigenvalue weighted by Crippen LogP contribution is -2.36. The summed E-state index contributed by atoms with van der Waals surface area (Å²) < 4.78 is 0. The van der Waals surface area contributed by atoms with Gasteiger partial charge in [-0.1, -0.05) is 6.92 Å². The smallest absolute Gasteiger partial charge is 0.180 e. The molecule has 0 fully saturated rings. The summed E-state index contributed by atoms with van der Waals surface area (Å²) in [6.45, 7) is 4.89.